The van der Waals surface area contributed by atoms with Crippen molar-refractivity contribution in [1.82, 2.24) is 4.90 Å². The van der Waals surface area contributed by atoms with Gasteiger partial charge in [-0.1, -0.05) is 6.07 Å². The molecule has 0 unspecified atom stereocenters. The Kier molecular flexibility index (Phi) is 5.53. The van der Waals surface area contributed by atoms with Crippen LogP contribution in [-0.4, -0.2) is 35.1 Å². The molecule has 21 heavy (non-hydrogen) atoms. The van der Waals surface area contributed by atoms with E-state index in [1.54, 1.807) is 34.6 Å². The van der Waals surface area contributed by atoms with E-state index < -0.39 is 12.6 Å². The molecule has 0 spiro atoms. The zero-order valence-corrected chi connectivity index (χ0v) is 12.0. The predicted molar refractivity (Wildman–Crippen MR) is 75.7 cm³/mol. The number of nitrogens with zero attached hydrogens (tertiary/aromatic N) is 1. The number of rotatable bonds is 8. The molecule has 2 aromatic heterocycles. The first kappa shape index (κ1) is 15.3. The summed E-state index contributed by atoms with van der Waals surface area (Å²) in [6.45, 7) is 0.00547. The number of carbonyl (C=O) groups excluding carboxylic acids is 1. The van der Waals surface area contributed by atoms with Crippen molar-refractivity contribution >= 4 is 23.2 Å². The predicted octanol–water partition coefficient (Wildman–Crippen LogP) is 1.97. The minimum atomic E-state index is -1.10. The van der Waals surface area contributed by atoms with E-state index in [-0.39, 0.29) is 12.5 Å². The van der Waals surface area contributed by atoms with Crippen molar-refractivity contribution in [2.45, 2.75) is 13.1 Å². The summed E-state index contributed by atoms with van der Waals surface area (Å²) < 4.78 is 10.1. The molecule has 7 heteroatoms. The summed E-state index contributed by atoms with van der Waals surface area (Å²) in [5.74, 6) is -0.710. The van der Waals surface area contributed by atoms with E-state index in [9.17, 15) is 9.59 Å². The zero-order chi connectivity index (χ0) is 15.1. The first-order valence-corrected chi connectivity index (χ1v) is 7.15. The number of hydrogen-bond acceptors (Lipinski definition) is 5. The Hall–Kier alpha value is -2.12. The molecule has 2 aromatic rings. The summed E-state index contributed by atoms with van der Waals surface area (Å²) in [6, 6.07) is 7.39. The lowest BCUT2D eigenvalue weighted by Gasteiger charge is -2.20. The average molecular weight is 309 g/mol. The molecule has 0 aliphatic heterocycles. The number of hydrogen-bond donors (Lipinski definition) is 1. The van der Waals surface area contributed by atoms with Gasteiger partial charge in [0.05, 0.1) is 19.4 Å². The standard InChI is InChI=1S/C14H15NO5S/c16-13(9-19-10-14(17)18)15(7-11-3-1-5-20-11)8-12-4-2-6-21-12/h1-6H,7-10H2,(H,17,18). The van der Waals surface area contributed by atoms with Crippen LogP contribution in [0.25, 0.3) is 0 Å². The maximum absolute atomic E-state index is 12.1. The Morgan fingerprint density at radius 2 is 2.10 bits per heavy atom. The lowest BCUT2D eigenvalue weighted by molar-refractivity contribution is -0.146. The van der Waals surface area contributed by atoms with Crippen LogP contribution in [0.15, 0.2) is 40.3 Å². The molecule has 0 fully saturated rings. The fourth-order valence-corrected chi connectivity index (χ4v) is 2.45. The molecule has 0 saturated heterocycles. The van der Waals surface area contributed by atoms with E-state index in [0.29, 0.717) is 18.8 Å². The SMILES string of the molecule is O=C(O)COCC(=O)N(Cc1ccco1)Cc1cccs1. The molecular weight excluding hydrogens is 294 g/mol. The van der Waals surface area contributed by atoms with Gasteiger partial charge in [-0.05, 0) is 23.6 Å². The van der Waals surface area contributed by atoms with E-state index in [1.165, 1.54) is 0 Å². The van der Waals surface area contributed by atoms with Crippen LogP contribution in [0.4, 0.5) is 0 Å². The molecule has 0 aliphatic carbocycles. The Morgan fingerprint density at radius 3 is 2.71 bits per heavy atom. The number of amides is 1. The highest BCUT2D eigenvalue weighted by molar-refractivity contribution is 7.09. The first-order valence-electron chi connectivity index (χ1n) is 6.27. The molecule has 6 nitrogen and oxygen atoms in total. The first-order chi connectivity index (χ1) is 10.1. The van der Waals surface area contributed by atoms with Crippen molar-refractivity contribution in [2.24, 2.45) is 0 Å². The Morgan fingerprint density at radius 1 is 1.24 bits per heavy atom. The number of thiophene rings is 1. The summed E-state index contributed by atoms with van der Waals surface area (Å²) in [7, 11) is 0. The molecule has 0 atom stereocenters. The van der Waals surface area contributed by atoms with E-state index in [1.807, 2.05) is 17.5 Å². The second kappa shape index (κ2) is 7.61. The van der Waals surface area contributed by atoms with Crippen molar-refractivity contribution < 1.29 is 23.8 Å². The minimum absolute atomic E-state index is 0.265. The maximum Gasteiger partial charge on any atom is 0.329 e. The van der Waals surface area contributed by atoms with Gasteiger partial charge in [-0.2, -0.15) is 0 Å². The van der Waals surface area contributed by atoms with Crippen LogP contribution >= 0.6 is 11.3 Å². The molecule has 0 saturated carbocycles. The van der Waals surface area contributed by atoms with Gasteiger partial charge in [0.15, 0.2) is 0 Å². The minimum Gasteiger partial charge on any atom is -0.480 e. The third-order valence-corrected chi connectivity index (χ3v) is 3.52. The number of carbonyl (C=O) groups is 2. The van der Waals surface area contributed by atoms with Gasteiger partial charge in [0.25, 0.3) is 0 Å². The summed E-state index contributed by atoms with van der Waals surface area (Å²) >= 11 is 1.55. The van der Waals surface area contributed by atoms with E-state index in [0.717, 1.165) is 4.88 Å². The van der Waals surface area contributed by atoms with E-state index >= 15 is 0 Å². The van der Waals surface area contributed by atoms with E-state index in [2.05, 4.69) is 0 Å². The third-order valence-electron chi connectivity index (χ3n) is 2.66. The zero-order valence-electron chi connectivity index (χ0n) is 11.2. The number of carboxylic acids is 1. The van der Waals surface area contributed by atoms with Crippen molar-refractivity contribution in [3.63, 3.8) is 0 Å². The Balaban J connectivity index is 1.96. The molecule has 1 amide bonds. The van der Waals surface area contributed by atoms with Crippen LogP contribution in [0.1, 0.15) is 10.6 Å². The van der Waals surface area contributed by atoms with Gasteiger partial charge in [-0.25, -0.2) is 4.79 Å². The fraction of sp³-hybridized carbons (Fsp3) is 0.286. The summed E-state index contributed by atoms with van der Waals surface area (Å²) in [5, 5.41) is 10.5. The van der Waals surface area contributed by atoms with Gasteiger partial charge in [0.2, 0.25) is 5.91 Å². The smallest absolute Gasteiger partial charge is 0.329 e. The number of carboxylic acid groups (broad SMARTS) is 1. The van der Waals surface area contributed by atoms with Gasteiger partial charge in [-0.15, -0.1) is 11.3 Å². The van der Waals surface area contributed by atoms with Crippen molar-refractivity contribution in [3.05, 3.63) is 46.5 Å². The number of furan rings is 1. The quantitative estimate of drug-likeness (QED) is 0.806. The topological polar surface area (TPSA) is 80.0 Å². The van der Waals surface area contributed by atoms with Crippen LogP contribution in [-0.2, 0) is 27.4 Å². The van der Waals surface area contributed by atoms with Gasteiger partial charge < -0.3 is 19.2 Å². The van der Waals surface area contributed by atoms with Crippen LogP contribution in [0.5, 0.6) is 0 Å². The molecule has 0 aliphatic rings. The molecule has 1 N–H and O–H groups in total. The normalized spacial score (nSPS) is 10.5. The van der Waals surface area contributed by atoms with Crippen molar-refractivity contribution in [2.75, 3.05) is 13.2 Å². The summed E-state index contributed by atoms with van der Waals surface area (Å²) in [6.07, 6.45) is 1.55. The lowest BCUT2D eigenvalue weighted by Crippen LogP contribution is -2.33. The lowest BCUT2D eigenvalue weighted by atomic mass is 10.3. The molecule has 0 radical (unpaired) electrons. The van der Waals surface area contributed by atoms with Gasteiger partial charge in [0, 0.05) is 4.88 Å². The second-order valence-electron chi connectivity index (χ2n) is 4.30. The average Bonchev–Trinajstić information content (AvgIpc) is 3.10. The molecular formula is C14H15NO5S. The van der Waals surface area contributed by atoms with Gasteiger partial charge in [-0.3, -0.25) is 4.79 Å². The second-order valence-corrected chi connectivity index (χ2v) is 5.33. The highest BCUT2D eigenvalue weighted by atomic mass is 32.1. The van der Waals surface area contributed by atoms with E-state index in [4.69, 9.17) is 14.3 Å². The Labute approximate surface area is 125 Å². The van der Waals surface area contributed by atoms with Crippen LogP contribution in [0.3, 0.4) is 0 Å². The molecule has 2 heterocycles. The van der Waals surface area contributed by atoms with Crippen molar-refractivity contribution in [3.8, 4) is 0 Å². The van der Waals surface area contributed by atoms with Gasteiger partial charge in [0.1, 0.15) is 19.0 Å². The van der Waals surface area contributed by atoms with Crippen LogP contribution in [0.2, 0.25) is 0 Å². The molecule has 2 rings (SSSR count). The van der Waals surface area contributed by atoms with Crippen LogP contribution < -0.4 is 0 Å². The Bertz CT molecular complexity index is 528. The number of ether oxygens (including phenoxy) is 1. The summed E-state index contributed by atoms with van der Waals surface area (Å²) in [4.78, 5) is 25.2. The third kappa shape index (κ3) is 5.05. The van der Waals surface area contributed by atoms with Gasteiger partial charge >= 0.3 is 5.97 Å². The van der Waals surface area contributed by atoms with Crippen molar-refractivity contribution in [1.29, 1.82) is 0 Å². The highest BCUT2D eigenvalue weighted by Crippen LogP contribution is 2.15. The fourth-order valence-electron chi connectivity index (χ4n) is 1.73. The number of aliphatic carboxylic acids is 1. The molecule has 0 bridgehead atoms. The largest absolute Gasteiger partial charge is 0.480 e. The maximum atomic E-state index is 12.1. The monoisotopic (exact) mass is 309 g/mol. The molecule has 0 aromatic carbocycles. The van der Waals surface area contributed by atoms with Crippen LogP contribution in [0, 0.1) is 0 Å². The highest BCUT2D eigenvalue weighted by Gasteiger charge is 2.17. The summed E-state index contributed by atoms with van der Waals surface area (Å²) in [5.41, 5.74) is 0. The molecule has 112 valence electrons.